The molecule has 3 aromatic rings. The zero-order valence-corrected chi connectivity index (χ0v) is 14.4. The number of thioether (sulfide) groups is 1. The number of para-hydroxylation sites is 1. The van der Waals surface area contributed by atoms with Crippen LogP contribution in [0.25, 0.3) is 0 Å². The molecule has 0 saturated heterocycles. The molecule has 2 aromatic carbocycles. The first-order valence-corrected chi connectivity index (χ1v) is 8.76. The van der Waals surface area contributed by atoms with Gasteiger partial charge in [0.15, 0.2) is 5.82 Å². The predicted octanol–water partition coefficient (Wildman–Crippen LogP) is 3.77. The molecule has 3 rings (SSSR count). The minimum atomic E-state index is 0.308. The first-order valence-electron chi connectivity index (χ1n) is 7.53. The molecule has 0 fully saturated rings. The smallest absolute Gasteiger partial charge is 0.211 e. The average molecular weight is 338 g/mol. The highest BCUT2D eigenvalue weighted by Gasteiger charge is 2.11. The summed E-state index contributed by atoms with van der Waals surface area (Å²) in [6, 6.07) is 17.8. The normalized spacial score (nSPS) is 11.1. The summed E-state index contributed by atoms with van der Waals surface area (Å²) in [5, 5.41) is 13.6. The summed E-state index contributed by atoms with van der Waals surface area (Å²) in [5.74, 6) is 1.45. The Morgan fingerprint density at radius 2 is 1.83 bits per heavy atom. The SMILES string of the molecule is CSc1nnc(COc2ccccc2)n1/N=C\c1ccc(C)cc1. The van der Waals surface area contributed by atoms with Gasteiger partial charge in [-0.05, 0) is 30.9 Å². The van der Waals surface area contributed by atoms with Crippen LogP contribution in [0.4, 0.5) is 0 Å². The first-order chi connectivity index (χ1) is 11.8. The molecule has 1 heterocycles. The third-order valence-electron chi connectivity index (χ3n) is 3.37. The van der Waals surface area contributed by atoms with E-state index < -0.39 is 0 Å². The summed E-state index contributed by atoms with van der Waals surface area (Å²) in [7, 11) is 0. The van der Waals surface area contributed by atoms with E-state index in [2.05, 4.69) is 34.4 Å². The van der Waals surface area contributed by atoms with Gasteiger partial charge in [-0.25, -0.2) is 0 Å². The number of benzene rings is 2. The number of ether oxygens (including phenoxy) is 1. The van der Waals surface area contributed by atoms with Crippen molar-refractivity contribution in [2.45, 2.75) is 18.7 Å². The van der Waals surface area contributed by atoms with Crippen molar-refractivity contribution in [1.82, 2.24) is 14.9 Å². The average Bonchev–Trinajstić information content (AvgIpc) is 3.02. The van der Waals surface area contributed by atoms with Gasteiger partial charge in [0.05, 0.1) is 6.21 Å². The van der Waals surface area contributed by atoms with E-state index in [4.69, 9.17) is 4.74 Å². The van der Waals surface area contributed by atoms with Crippen LogP contribution in [-0.2, 0) is 6.61 Å². The molecule has 0 N–H and O–H groups in total. The van der Waals surface area contributed by atoms with Gasteiger partial charge in [0, 0.05) is 0 Å². The standard InChI is InChI=1S/C18H18N4OS/c1-14-8-10-15(11-9-14)12-19-22-17(20-21-18(22)24-2)13-23-16-6-4-3-5-7-16/h3-12H,13H2,1-2H3/b19-12-. The summed E-state index contributed by atoms with van der Waals surface area (Å²) in [6.45, 7) is 2.37. The number of rotatable bonds is 6. The number of aryl methyl sites for hydroxylation is 1. The van der Waals surface area contributed by atoms with Crippen LogP contribution in [0.15, 0.2) is 64.9 Å². The third-order valence-corrected chi connectivity index (χ3v) is 3.99. The maximum absolute atomic E-state index is 5.75. The Balaban J connectivity index is 1.78. The van der Waals surface area contributed by atoms with Gasteiger partial charge in [0.1, 0.15) is 12.4 Å². The summed E-state index contributed by atoms with van der Waals surface area (Å²) in [4.78, 5) is 0. The van der Waals surface area contributed by atoms with Gasteiger partial charge in [-0.2, -0.15) is 9.78 Å². The van der Waals surface area contributed by atoms with Crippen LogP contribution in [-0.4, -0.2) is 27.3 Å². The highest BCUT2D eigenvalue weighted by atomic mass is 32.2. The number of nitrogens with zero attached hydrogens (tertiary/aromatic N) is 4. The van der Waals surface area contributed by atoms with Gasteiger partial charge in [-0.15, -0.1) is 10.2 Å². The van der Waals surface area contributed by atoms with E-state index in [0.717, 1.165) is 16.5 Å². The van der Waals surface area contributed by atoms with Crippen LogP contribution in [0, 0.1) is 6.92 Å². The van der Waals surface area contributed by atoms with Gasteiger partial charge in [-0.1, -0.05) is 59.8 Å². The molecule has 0 radical (unpaired) electrons. The highest BCUT2D eigenvalue weighted by Crippen LogP contribution is 2.16. The van der Waals surface area contributed by atoms with Crippen molar-refractivity contribution in [3.8, 4) is 5.75 Å². The minimum Gasteiger partial charge on any atom is -0.486 e. The van der Waals surface area contributed by atoms with E-state index in [1.54, 1.807) is 10.9 Å². The van der Waals surface area contributed by atoms with Gasteiger partial charge >= 0.3 is 0 Å². The number of aromatic nitrogens is 3. The Kier molecular flexibility index (Phi) is 5.28. The van der Waals surface area contributed by atoms with Crippen LogP contribution < -0.4 is 4.74 Å². The number of hydrogen-bond donors (Lipinski definition) is 0. The zero-order chi connectivity index (χ0) is 16.8. The molecule has 122 valence electrons. The molecular weight excluding hydrogens is 320 g/mol. The van der Waals surface area contributed by atoms with Crippen LogP contribution in [0.5, 0.6) is 5.75 Å². The van der Waals surface area contributed by atoms with E-state index in [-0.39, 0.29) is 0 Å². The quantitative estimate of drug-likeness (QED) is 0.507. The maximum Gasteiger partial charge on any atom is 0.211 e. The van der Waals surface area contributed by atoms with Crippen molar-refractivity contribution in [1.29, 1.82) is 0 Å². The lowest BCUT2D eigenvalue weighted by Gasteiger charge is -2.06. The fourth-order valence-corrected chi connectivity index (χ4v) is 2.52. The van der Waals surface area contributed by atoms with Crippen molar-refractivity contribution in [2.24, 2.45) is 5.10 Å². The summed E-state index contributed by atoms with van der Waals surface area (Å²) < 4.78 is 7.47. The Morgan fingerprint density at radius 1 is 1.08 bits per heavy atom. The van der Waals surface area contributed by atoms with Crippen LogP contribution in [0.3, 0.4) is 0 Å². The Labute approximate surface area is 145 Å². The monoisotopic (exact) mass is 338 g/mol. The Morgan fingerprint density at radius 3 is 2.54 bits per heavy atom. The first kappa shape index (κ1) is 16.3. The van der Waals surface area contributed by atoms with Gasteiger partial charge < -0.3 is 4.74 Å². The van der Waals surface area contributed by atoms with Gasteiger partial charge in [0.2, 0.25) is 5.16 Å². The maximum atomic E-state index is 5.75. The molecule has 24 heavy (non-hydrogen) atoms. The third kappa shape index (κ3) is 4.02. The molecule has 0 aliphatic rings. The minimum absolute atomic E-state index is 0.308. The van der Waals surface area contributed by atoms with Crippen molar-refractivity contribution >= 4 is 18.0 Å². The largest absolute Gasteiger partial charge is 0.486 e. The van der Waals surface area contributed by atoms with Crippen LogP contribution in [0.1, 0.15) is 17.0 Å². The van der Waals surface area contributed by atoms with Crippen LogP contribution >= 0.6 is 11.8 Å². The molecule has 0 amide bonds. The van der Waals surface area contributed by atoms with E-state index in [9.17, 15) is 0 Å². The molecule has 5 nitrogen and oxygen atoms in total. The molecule has 0 bridgehead atoms. The molecule has 0 aliphatic carbocycles. The molecular formula is C18H18N4OS. The van der Waals surface area contributed by atoms with E-state index in [0.29, 0.717) is 12.4 Å². The van der Waals surface area contributed by atoms with Crippen LogP contribution in [0.2, 0.25) is 0 Å². The lowest BCUT2D eigenvalue weighted by molar-refractivity contribution is 0.290. The van der Waals surface area contributed by atoms with Crippen molar-refractivity contribution < 1.29 is 4.74 Å². The molecule has 0 unspecified atom stereocenters. The molecule has 0 atom stereocenters. The van der Waals surface area contributed by atoms with Crippen molar-refractivity contribution in [3.05, 3.63) is 71.5 Å². The predicted molar refractivity (Wildman–Crippen MR) is 96.7 cm³/mol. The van der Waals surface area contributed by atoms with Gasteiger partial charge in [0.25, 0.3) is 0 Å². The molecule has 0 aliphatic heterocycles. The topological polar surface area (TPSA) is 52.3 Å². The van der Waals surface area contributed by atoms with E-state index in [1.165, 1.54) is 17.3 Å². The second kappa shape index (κ2) is 7.79. The fourth-order valence-electron chi connectivity index (χ4n) is 2.07. The lowest BCUT2D eigenvalue weighted by atomic mass is 10.2. The van der Waals surface area contributed by atoms with Gasteiger partial charge in [-0.3, -0.25) is 0 Å². The second-order valence-corrected chi connectivity index (χ2v) is 5.95. The second-order valence-electron chi connectivity index (χ2n) is 5.17. The fraction of sp³-hybridized carbons (Fsp3) is 0.167. The Bertz CT molecular complexity index is 813. The number of hydrogen-bond acceptors (Lipinski definition) is 5. The van der Waals surface area contributed by atoms with E-state index in [1.807, 2.05) is 48.7 Å². The zero-order valence-electron chi connectivity index (χ0n) is 13.6. The molecule has 0 spiro atoms. The highest BCUT2D eigenvalue weighted by molar-refractivity contribution is 7.98. The summed E-state index contributed by atoms with van der Waals surface area (Å²) in [5.41, 5.74) is 2.24. The van der Waals surface area contributed by atoms with Crippen molar-refractivity contribution in [3.63, 3.8) is 0 Å². The summed E-state index contributed by atoms with van der Waals surface area (Å²) in [6.07, 6.45) is 3.75. The molecule has 1 aromatic heterocycles. The van der Waals surface area contributed by atoms with Crippen molar-refractivity contribution in [2.75, 3.05) is 6.26 Å². The molecule has 6 heteroatoms. The summed E-state index contributed by atoms with van der Waals surface area (Å²) >= 11 is 1.50. The van der Waals surface area contributed by atoms with E-state index >= 15 is 0 Å². The molecule has 0 saturated carbocycles. The Hall–Kier alpha value is -2.60. The lowest BCUT2D eigenvalue weighted by Crippen LogP contribution is -2.04.